The van der Waals surface area contributed by atoms with E-state index in [-0.39, 0.29) is 18.2 Å². The highest BCUT2D eigenvalue weighted by atomic mass is 16.1. The summed E-state index contributed by atoms with van der Waals surface area (Å²) >= 11 is 0. The second-order valence-corrected chi connectivity index (χ2v) is 4.50. The molecule has 0 aromatic rings. The maximum absolute atomic E-state index is 11.6. The maximum Gasteiger partial charge on any atom is 0.220 e. The molecule has 0 saturated heterocycles. The number of nitrogens with one attached hydrogen (secondary N) is 2. The molecule has 1 atom stereocenters. The molecule has 108 valence electrons. The van der Waals surface area contributed by atoms with Crippen LogP contribution in [0.3, 0.4) is 0 Å². The van der Waals surface area contributed by atoms with Gasteiger partial charge in [-0.2, -0.15) is 0 Å². The SMILES string of the molecule is C=CN[C@@H](CNC(=O)CCCCCCC)C(=O)C=C. The predicted molar refractivity (Wildman–Crippen MR) is 78.7 cm³/mol. The van der Waals surface area contributed by atoms with E-state index in [2.05, 4.69) is 30.7 Å². The minimum absolute atomic E-state index is 0.00998. The largest absolute Gasteiger partial charge is 0.380 e. The molecule has 0 radical (unpaired) electrons. The Bertz CT molecular complexity index is 301. The van der Waals surface area contributed by atoms with Gasteiger partial charge in [-0.15, -0.1) is 0 Å². The highest BCUT2D eigenvalue weighted by Crippen LogP contribution is 2.04. The summed E-state index contributed by atoms with van der Waals surface area (Å²) in [6.45, 7) is 9.38. The van der Waals surface area contributed by atoms with Gasteiger partial charge in [0.25, 0.3) is 0 Å². The zero-order valence-corrected chi connectivity index (χ0v) is 11.9. The summed E-state index contributed by atoms with van der Waals surface area (Å²) in [5.41, 5.74) is 0. The first-order valence-electron chi connectivity index (χ1n) is 6.95. The van der Waals surface area contributed by atoms with Gasteiger partial charge in [0.05, 0.1) is 0 Å². The second kappa shape index (κ2) is 11.5. The van der Waals surface area contributed by atoms with Crippen molar-refractivity contribution in [2.45, 2.75) is 51.5 Å². The third-order valence-electron chi connectivity index (χ3n) is 2.87. The smallest absolute Gasteiger partial charge is 0.220 e. The highest BCUT2D eigenvalue weighted by molar-refractivity contribution is 5.94. The third-order valence-corrected chi connectivity index (χ3v) is 2.87. The normalized spacial score (nSPS) is 11.4. The van der Waals surface area contributed by atoms with Crippen molar-refractivity contribution in [3.05, 3.63) is 25.4 Å². The molecule has 2 N–H and O–H groups in total. The van der Waals surface area contributed by atoms with Crippen molar-refractivity contribution in [2.24, 2.45) is 0 Å². The molecule has 0 rings (SSSR count). The molecule has 0 spiro atoms. The lowest BCUT2D eigenvalue weighted by molar-refractivity contribution is -0.121. The summed E-state index contributed by atoms with van der Waals surface area (Å²) in [6, 6.07) is -0.473. The molecule has 0 aliphatic heterocycles. The lowest BCUT2D eigenvalue weighted by Crippen LogP contribution is -2.43. The van der Waals surface area contributed by atoms with E-state index in [0.717, 1.165) is 12.8 Å². The number of carbonyl (C=O) groups excluding carboxylic acids is 2. The van der Waals surface area contributed by atoms with Crippen LogP contribution >= 0.6 is 0 Å². The summed E-state index contributed by atoms with van der Waals surface area (Å²) in [5, 5.41) is 5.56. The number of carbonyl (C=O) groups is 2. The number of ketones is 1. The Kier molecular flexibility index (Phi) is 10.6. The molecular formula is C15H26N2O2. The minimum atomic E-state index is -0.473. The van der Waals surface area contributed by atoms with E-state index in [0.29, 0.717) is 6.42 Å². The summed E-state index contributed by atoms with van der Waals surface area (Å²) < 4.78 is 0. The predicted octanol–water partition coefficient (Wildman–Crippen LogP) is 2.32. The van der Waals surface area contributed by atoms with E-state index in [1.807, 2.05) is 0 Å². The van der Waals surface area contributed by atoms with E-state index in [1.165, 1.54) is 31.5 Å². The number of unbranched alkanes of at least 4 members (excludes halogenated alkanes) is 4. The summed E-state index contributed by atoms with van der Waals surface area (Å²) in [5.74, 6) is -0.160. The fourth-order valence-electron chi connectivity index (χ4n) is 1.72. The number of hydrogen-bond donors (Lipinski definition) is 2. The van der Waals surface area contributed by atoms with E-state index >= 15 is 0 Å². The first-order chi connectivity index (χ1) is 9.15. The Morgan fingerprint density at radius 3 is 2.42 bits per heavy atom. The van der Waals surface area contributed by atoms with Crippen molar-refractivity contribution in [3.8, 4) is 0 Å². The van der Waals surface area contributed by atoms with Crippen LogP contribution in [0.25, 0.3) is 0 Å². The van der Waals surface area contributed by atoms with Gasteiger partial charge in [0.15, 0.2) is 5.78 Å². The Morgan fingerprint density at radius 2 is 1.84 bits per heavy atom. The van der Waals surface area contributed by atoms with Gasteiger partial charge in [0.1, 0.15) is 6.04 Å². The average molecular weight is 266 g/mol. The fraction of sp³-hybridized carbons (Fsp3) is 0.600. The number of amides is 1. The molecule has 0 aromatic heterocycles. The van der Waals surface area contributed by atoms with Crippen LogP contribution in [0.2, 0.25) is 0 Å². The summed E-state index contributed by atoms with van der Waals surface area (Å²) in [7, 11) is 0. The van der Waals surface area contributed by atoms with Crippen molar-refractivity contribution in [1.82, 2.24) is 10.6 Å². The topological polar surface area (TPSA) is 58.2 Å². The zero-order chi connectivity index (χ0) is 14.5. The van der Waals surface area contributed by atoms with E-state index in [4.69, 9.17) is 0 Å². The van der Waals surface area contributed by atoms with Gasteiger partial charge in [0.2, 0.25) is 5.91 Å². The van der Waals surface area contributed by atoms with Crippen LogP contribution in [-0.4, -0.2) is 24.3 Å². The van der Waals surface area contributed by atoms with Crippen molar-refractivity contribution in [1.29, 1.82) is 0 Å². The Hall–Kier alpha value is -1.58. The Balaban J connectivity index is 3.82. The molecule has 4 nitrogen and oxygen atoms in total. The van der Waals surface area contributed by atoms with E-state index in [1.54, 1.807) is 0 Å². The summed E-state index contributed by atoms with van der Waals surface area (Å²) in [6.07, 6.45) is 8.81. The zero-order valence-electron chi connectivity index (χ0n) is 11.9. The molecular weight excluding hydrogens is 240 g/mol. The molecule has 4 heteroatoms. The van der Waals surface area contributed by atoms with Gasteiger partial charge in [-0.3, -0.25) is 9.59 Å². The first kappa shape index (κ1) is 17.4. The maximum atomic E-state index is 11.6. The lowest BCUT2D eigenvalue weighted by atomic mass is 10.1. The van der Waals surface area contributed by atoms with Crippen molar-refractivity contribution in [3.63, 3.8) is 0 Å². The highest BCUT2D eigenvalue weighted by Gasteiger charge is 2.14. The quantitative estimate of drug-likeness (QED) is 0.421. The van der Waals surface area contributed by atoms with Crippen LogP contribution in [0.5, 0.6) is 0 Å². The minimum Gasteiger partial charge on any atom is -0.380 e. The molecule has 0 aromatic carbocycles. The van der Waals surface area contributed by atoms with Crippen molar-refractivity contribution in [2.75, 3.05) is 6.54 Å². The van der Waals surface area contributed by atoms with Gasteiger partial charge in [0, 0.05) is 13.0 Å². The van der Waals surface area contributed by atoms with Gasteiger partial charge in [-0.05, 0) is 18.7 Å². The molecule has 0 bridgehead atoms. The molecule has 0 unspecified atom stereocenters. The Labute approximate surface area is 116 Å². The van der Waals surface area contributed by atoms with Crippen LogP contribution < -0.4 is 10.6 Å². The molecule has 0 aliphatic carbocycles. The van der Waals surface area contributed by atoms with Gasteiger partial charge in [-0.25, -0.2) is 0 Å². The standard InChI is InChI=1S/C15H26N2O2/c1-4-7-8-9-10-11-15(19)17-12-13(16-6-3)14(18)5-2/h5-6,13,16H,2-4,7-12H2,1H3,(H,17,19)/t13-/m0/s1. The van der Waals surface area contributed by atoms with Crippen LogP contribution in [0.15, 0.2) is 25.4 Å². The van der Waals surface area contributed by atoms with Crippen LogP contribution in [0.4, 0.5) is 0 Å². The van der Waals surface area contributed by atoms with Crippen molar-refractivity contribution < 1.29 is 9.59 Å². The molecule has 0 saturated carbocycles. The van der Waals surface area contributed by atoms with Gasteiger partial charge < -0.3 is 10.6 Å². The molecule has 19 heavy (non-hydrogen) atoms. The van der Waals surface area contributed by atoms with Crippen molar-refractivity contribution >= 4 is 11.7 Å². The summed E-state index contributed by atoms with van der Waals surface area (Å²) in [4.78, 5) is 23.1. The molecule has 1 amide bonds. The van der Waals surface area contributed by atoms with Crippen LogP contribution in [0.1, 0.15) is 45.4 Å². The lowest BCUT2D eigenvalue weighted by Gasteiger charge is -2.15. The van der Waals surface area contributed by atoms with Crippen LogP contribution in [-0.2, 0) is 9.59 Å². The second-order valence-electron chi connectivity index (χ2n) is 4.50. The molecule has 0 aliphatic rings. The number of rotatable bonds is 12. The monoisotopic (exact) mass is 266 g/mol. The van der Waals surface area contributed by atoms with Gasteiger partial charge in [-0.1, -0.05) is 45.8 Å². The molecule has 0 heterocycles. The molecule has 0 fully saturated rings. The van der Waals surface area contributed by atoms with Gasteiger partial charge >= 0.3 is 0 Å². The van der Waals surface area contributed by atoms with E-state index < -0.39 is 6.04 Å². The van der Waals surface area contributed by atoms with E-state index in [9.17, 15) is 9.59 Å². The average Bonchev–Trinajstić information content (AvgIpc) is 2.42. The third kappa shape index (κ3) is 9.05. The van der Waals surface area contributed by atoms with Crippen LogP contribution in [0, 0.1) is 0 Å². The Morgan fingerprint density at radius 1 is 1.16 bits per heavy atom. The first-order valence-corrected chi connectivity index (χ1v) is 6.95. The number of hydrogen-bond acceptors (Lipinski definition) is 3. The fourth-order valence-corrected chi connectivity index (χ4v) is 1.72.